The maximum atomic E-state index is 13.7. The third-order valence-corrected chi connectivity index (χ3v) is 4.59. The molecule has 0 amide bonds. The van der Waals surface area contributed by atoms with E-state index in [1.54, 1.807) is 61.9 Å². The molecule has 7 heteroatoms. The molecule has 0 aliphatic carbocycles. The highest BCUT2D eigenvalue weighted by atomic mass is 35.5. The first kappa shape index (κ1) is 20.0. The Morgan fingerprint density at radius 3 is 2.57 bits per heavy atom. The van der Waals surface area contributed by atoms with Crippen molar-refractivity contribution in [1.82, 2.24) is 0 Å². The number of hydrazone groups is 1. The van der Waals surface area contributed by atoms with Gasteiger partial charge < -0.3 is 9.47 Å². The molecule has 0 saturated heterocycles. The molecular weight excluding hydrogens is 402 g/mol. The monoisotopic (exact) mass is 418 g/mol. The second-order valence-corrected chi connectivity index (χ2v) is 6.60. The first-order chi connectivity index (χ1) is 13.6. The minimum absolute atomic E-state index is 0.106. The summed E-state index contributed by atoms with van der Waals surface area (Å²) >= 11 is 11.9. The molecule has 0 fully saturated rings. The van der Waals surface area contributed by atoms with Gasteiger partial charge in [0.2, 0.25) is 0 Å². The van der Waals surface area contributed by atoms with E-state index in [0.29, 0.717) is 32.8 Å². The SMILES string of the molecule is COc1cc(C=NNc2ccc(Cl)c(Cl)c2)ccc1OCc1ccccc1F. The van der Waals surface area contributed by atoms with Crippen LogP contribution in [0.4, 0.5) is 10.1 Å². The van der Waals surface area contributed by atoms with E-state index in [4.69, 9.17) is 32.7 Å². The van der Waals surface area contributed by atoms with Crippen molar-refractivity contribution >= 4 is 35.1 Å². The van der Waals surface area contributed by atoms with E-state index in [1.165, 1.54) is 6.07 Å². The average molecular weight is 419 g/mol. The molecule has 1 N–H and O–H groups in total. The Bertz CT molecular complexity index is 996. The molecule has 0 atom stereocenters. The van der Waals surface area contributed by atoms with Crippen LogP contribution in [0.3, 0.4) is 0 Å². The predicted octanol–water partition coefficient (Wildman–Crippen LogP) is 6.17. The largest absolute Gasteiger partial charge is 0.493 e. The van der Waals surface area contributed by atoms with E-state index >= 15 is 0 Å². The number of hydrogen-bond acceptors (Lipinski definition) is 4. The molecule has 3 aromatic rings. The molecule has 0 heterocycles. The van der Waals surface area contributed by atoms with Gasteiger partial charge in [-0.05, 0) is 48.0 Å². The Labute approximate surface area is 172 Å². The van der Waals surface area contributed by atoms with Crippen LogP contribution in [0.2, 0.25) is 10.0 Å². The first-order valence-electron chi connectivity index (χ1n) is 8.35. The summed E-state index contributed by atoms with van der Waals surface area (Å²) in [7, 11) is 1.54. The van der Waals surface area contributed by atoms with Gasteiger partial charge in [-0.15, -0.1) is 0 Å². The molecule has 0 unspecified atom stereocenters. The van der Waals surface area contributed by atoms with E-state index in [2.05, 4.69) is 10.5 Å². The molecule has 0 aromatic heterocycles. The molecule has 0 spiro atoms. The Morgan fingerprint density at radius 1 is 1.00 bits per heavy atom. The van der Waals surface area contributed by atoms with Crippen LogP contribution < -0.4 is 14.9 Å². The van der Waals surface area contributed by atoms with Crippen molar-refractivity contribution in [1.29, 1.82) is 0 Å². The normalized spacial score (nSPS) is 10.9. The smallest absolute Gasteiger partial charge is 0.161 e. The number of benzene rings is 3. The third kappa shape index (κ3) is 5.15. The van der Waals surface area contributed by atoms with Crippen molar-refractivity contribution in [2.24, 2.45) is 5.10 Å². The lowest BCUT2D eigenvalue weighted by Crippen LogP contribution is -2.00. The van der Waals surface area contributed by atoms with E-state index in [-0.39, 0.29) is 12.4 Å². The number of anilines is 1. The average Bonchev–Trinajstić information content (AvgIpc) is 2.70. The van der Waals surface area contributed by atoms with Gasteiger partial charge in [0.05, 0.1) is 29.1 Å². The zero-order chi connectivity index (χ0) is 19.9. The molecule has 0 saturated carbocycles. The fraction of sp³-hybridized carbons (Fsp3) is 0.0952. The van der Waals surface area contributed by atoms with Gasteiger partial charge in [0, 0.05) is 5.56 Å². The molecule has 3 aromatic carbocycles. The maximum absolute atomic E-state index is 13.7. The molecule has 0 aliphatic rings. The number of rotatable bonds is 7. The second kappa shape index (κ2) is 9.44. The highest BCUT2D eigenvalue weighted by molar-refractivity contribution is 6.42. The van der Waals surface area contributed by atoms with E-state index in [9.17, 15) is 4.39 Å². The highest BCUT2D eigenvalue weighted by Crippen LogP contribution is 2.29. The van der Waals surface area contributed by atoms with Crippen LogP contribution >= 0.6 is 23.2 Å². The van der Waals surface area contributed by atoms with E-state index in [0.717, 1.165) is 5.56 Å². The van der Waals surface area contributed by atoms with Crippen molar-refractivity contribution in [3.63, 3.8) is 0 Å². The Kier molecular flexibility index (Phi) is 6.74. The van der Waals surface area contributed by atoms with Gasteiger partial charge in [-0.25, -0.2) is 4.39 Å². The molecule has 144 valence electrons. The number of hydrogen-bond donors (Lipinski definition) is 1. The lowest BCUT2D eigenvalue weighted by Gasteiger charge is -2.11. The van der Waals surface area contributed by atoms with Gasteiger partial charge in [0.25, 0.3) is 0 Å². The summed E-state index contributed by atoms with van der Waals surface area (Å²) in [4.78, 5) is 0. The molecule has 0 radical (unpaired) electrons. The van der Waals surface area contributed by atoms with Crippen LogP contribution in [0.5, 0.6) is 11.5 Å². The minimum Gasteiger partial charge on any atom is -0.493 e. The Balaban J connectivity index is 1.66. The fourth-order valence-electron chi connectivity index (χ4n) is 2.40. The quantitative estimate of drug-likeness (QED) is 0.368. The topological polar surface area (TPSA) is 42.8 Å². The molecule has 3 rings (SSSR count). The van der Waals surface area contributed by atoms with E-state index < -0.39 is 0 Å². The standard InChI is InChI=1S/C21H17Cl2FN2O2/c1-27-21-10-14(12-25-26-16-7-8-17(22)18(23)11-16)6-9-20(21)28-13-15-4-2-3-5-19(15)24/h2-12,26H,13H2,1H3. The zero-order valence-electron chi connectivity index (χ0n) is 15.0. The van der Waals surface area contributed by atoms with Gasteiger partial charge in [-0.2, -0.15) is 5.10 Å². The summed E-state index contributed by atoms with van der Waals surface area (Å²) in [6.45, 7) is 0.106. The van der Waals surface area contributed by atoms with Crippen molar-refractivity contribution < 1.29 is 13.9 Å². The molecule has 4 nitrogen and oxygen atoms in total. The molecular formula is C21H17Cl2FN2O2. The van der Waals surface area contributed by atoms with Crippen molar-refractivity contribution in [2.45, 2.75) is 6.61 Å². The number of halogens is 3. The zero-order valence-corrected chi connectivity index (χ0v) is 16.5. The van der Waals surface area contributed by atoms with Gasteiger partial charge in [-0.3, -0.25) is 5.43 Å². The molecule has 0 bridgehead atoms. The number of nitrogens with zero attached hydrogens (tertiary/aromatic N) is 1. The van der Waals surface area contributed by atoms with Crippen LogP contribution in [0, 0.1) is 5.82 Å². The van der Waals surface area contributed by atoms with Gasteiger partial charge in [0.15, 0.2) is 11.5 Å². The summed E-state index contributed by atoms with van der Waals surface area (Å²) in [5.74, 6) is 0.730. The van der Waals surface area contributed by atoms with Crippen molar-refractivity contribution in [3.8, 4) is 11.5 Å². The third-order valence-electron chi connectivity index (χ3n) is 3.86. The predicted molar refractivity (Wildman–Crippen MR) is 111 cm³/mol. The van der Waals surface area contributed by atoms with Crippen LogP contribution in [-0.4, -0.2) is 13.3 Å². The number of ether oxygens (including phenoxy) is 2. The van der Waals surface area contributed by atoms with Crippen LogP contribution in [0.25, 0.3) is 0 Å². The number of nitrogens with one attached hydrogen (secondary N) is 1. The molecule has 28 heavy (non-hydrogen) atoms. The van der Waals surface area contributed by atoms with Gasteiger partial charge >= 0.3 is 0 Å². The summed E-state index contributed by atoms with van der Waals surface area (Å²) < 4.78 is 24.8. The minimum atomic E-state index is -0.307. The van der Waals surface area contributed by atoms with Gasteiger partial charge in [-0.1, -0.05) is 41.4 Å². The summed E-state index contributed by atoms with van der Waals surface area (Å²) in [6, 6.07) is 17.0. The Morgan fingerprint density at radius 2 is 1.82 bits per heavy atom. The fourth-order valence-corrected chi connectivity index (χ4v) is 2.70. The second-order valence-electron chi connectivity index (χ2n) is 5.79. The van der Waals surface area contributed by atoms with Crippen LogP contribution in [0.15, 0.2) is 65.8 Å². The lowest BCUT2D eigenvalue weighted by molar-refractivity contribution is 0.279. The molecule has 0 aliphatic heterocycles. The first-order valence-corrected chi connectivity index (χ1v) is 9.11. The van der Waals surface area contributed by atoms with Crippen molar-refractivity contribution in [2.75, 3.05) is 12.5 Å². The van der Waals surface area contributed by atoms with Crippen LogP contribution in [0.1, 0.15) is 11.1 Å². The van der Waals surface area contributed by atoms with Gasteiger partial charge in [0.1, 0.15) is 12.4 Å². The highest BCUT2D eigenvalue weighted by Gasteiger charge is 2.07. The summed E-state index contributed by atoms with van der Waals surface area (Å²) in [5.41, 5.74) is 4.86. The van der Waals surface area contributed by atoms with E-state index in [1.807, 2.05) is 6.07 Å². The Hall–Kier alpha value is -2.76. The van der Waals surface area contributed by atoms with Crippen molar-refractivity contribution in [3.05, 3.63) is 87.7 Å². The summed E-state index contributed by atoms with van der Waals surface area (Å²) in [6.07, 6.45) is 1.63. The maximum Gasteiger partial charge on any atom is 0.161 e. The number of methoxy groups -OCH3 is 1. The summed E-state index contributed by atoms with van der Waals surface area (Å²) in [5, 5.41) is 5.09. The lowest BCUT2D eigenvalue weighted by atomic mass is 10.2. The van der Waals surface area contributed by atoms with Crippen LogP contribution in [-0.2, 0) is 6.61 Å².